The van der Waals surface area contributed by atoms with Crippen LogP contribution in [0.2, 0.25) is 5.02 Å². The lowest BCUT2D eigenvalue weighted by molar-refractivity contribution is 0.629. The fraction of sp³-hybridized carbons (Fsp3) is 0. The zero-order valence-electron chi connectivity index (χ0n) is 10.5. The molecular formula is C17H10ClNO. The molecule has 0 saturated heterocycles. The van der Waals surface area contributed by atoms with Crippen molar-refractivity contribution in [3.05, 3.63) is 65.7 Å². The molecule has 0 aliphatic carbocycles. The Morgan fingerprint density at radius 1 is 0.900 bits per heavy atom. The minimum Gasteiger partial charge on any atom is -0.454 e. The number of benzene rings is 2. The van der Waals surface area contributed by atoms with Crippen molar-refractivity contribution < 1.29 is 4.42 Å². The number of furan rings is 1. The molecular weight excluding hydrogens is 270 g/mol. The van der Waals surface area contributed by atoms with Gasteiger partial charge in [-0.1, -0.05) is 48.0 Å². The van der Waals surface area contributed by atoms with E-state index in [1.807, 2.05) is 60.7 Å². The minimum atomic E-state index is 0.686. The number of aromatic nitrogens is 1. The fourth-order valence-electron chi connectivity index (χ4n) is 2.37. The molecule has 20 heavy (non-hydrogen) atoms. The van der Waals surface area contributed by atoms with Crippen LogP contribution in [-0.2, 0) is 0 Å². The van der Waals surface area contributed by atoms with E-state index in [0.717, 1.165) is 33.3 Å². The van der Waals surface area contributed by atoms with Crippen LogP contribution in [-0.4, -0.2) is 4.98 Å². The van der Waals surface area contributed by atoms with Crippen molar-refractivity contribution in [3.63, 3.8) is 0 Å². The molecule has 0 bridgehead atoms. The van der Waals surface area contributed by atoms with E-state index in [2.05, 4.69) is 4.98 Å². The number of fused-ring (bicyclic) bond motifs is 2. The van der Waals surface area contributed by atoms with E-state index in [1.165, 1.54) is 0 Å². The average Bonchev–Trinajstić information content (AvgIpc) is 2.91. The molecule has 4 rings (SSSR count). The van der Waals surface area contributed by atoms with Gasteiger partial charge in [0.05, 0.1) is 10.5 Å². The second-order valence-corrected chi connectivity index (χ2v) is 5.06. The van der Waals surface area contributed by atoms with Gasteiger partial charge in [0.1, 0.15) is 11.3 Å². The van der Waals surface area contributed by atoms with Gasteiger partial charge in [0.2, 0.25) is 0 Å². The standard InChI is InChI=1S/C17H10ClNO/c18-13-10-15(19-14-7-3-2-6-12(13)14)17-9-11-5-1-4-8-16(11)20-17/h1-10H. The summed E-state index contributed by atoms with van der Waals surface area (Å²) in [4.78, 5) is 4.62. The number of pyridine rings is 1. The van der Waals surface area contributed by atoms with Crippen LogP contribution >= 0.6 is 11.6 Å². The predicted octanol–water partition coefficient (Wildman–Crippen LogP) is 5.30. The Morgan fingerprint density at radius 3 is 2.60 bits per heavy atom. The van der Waals surface area contributed by atoms with Gasteiger partial charge in [0.25, 0.3) is 0 Å². The molecule has 96 valence electrons. The fourth-order valence-corrected chi connectivity index (χ4v) is 2.63. The highest BCUT2D eigenvalue weighted by Crippen LogP contribution is 2.31. The topological polar surface area (TPSA) is 26.0 Å². The third-order valence-corrected chi connectivity index (χ3v) is 3.66. The molecule has 2 nitrogen and oxygen atoms in total. The van der Waals surface area contributed by atoms with Gasteiger partial charge in [-0.25, -0.2) is 4.98 Å². The maximum absolute atomic E-state index is 6.33. The zero-order valence-corrected chi connectivity index (χ0v) is 11.3. The first-order chi connectivity index (χ1) is 9.81. The minimum absolute atomic E-state index is 0.686. The molecule has 0 aliphatic rings. The Labute approximate surface area is 120 Å². The van der Waals surface area contributed by atoms with Gasteiger partial charge in [-0.3, -0.25) is 0 Å². The van der Waals surface area contributed by atoms with Crippen molar-refractivity contribution in [2.45, 2.75) is 0 Å². The highest BCUT2D eigenvalue weighted by molar-refractivity contribution is 6.35. The number of hydrogen-bond acceptors (Lipinski definition) is 2. The second-order valence-electron chi connectivity index (χ2n) is 4.65. The van der Waals surface area contributed by atoms with E-state index in [0.29, 0.717) is 5.02 Å². The molecule has 0 radical (unpaired) electrons. The summed E-state index contributed by atoms with van der Waals surface area (Å²) in [5.74, 6) is 0.735. The van der Waals surface area contributed by atoms with Crippen LogP contribution in [0.25, 0.3) is 33.3 Å². The Bertz CT molecular complexity index is 893. The molecule has 3 heteroatoms. The van der Waals surface area contributed by atoms with Gasteiger partial charge in [-0.15, -0.1) is 0 Å². The van der Waals surface area contributed by atoms with Crippen molar-refractivity contribution in [2.75, 3.05) is 0 Å². The molecule has 2 aromatic carbocycles. The van der Waals surface area contributed by atoms with Crippen molar-refractivity contribution in [1.82, 2.24) is 4.98 Å². The number of hydrogen-bond donors (Lipinski definition) is 0. The molecule has 0 amide bonds. The van der Waals surface area contributed by atoms with Gasteiger partial charge in [-0.05, 0) is 24.3 Å². The maximum atomic E-state index is 6.33. The Morgan fingerprint density at radius 2 is 1.70 bits per heavy atom. The first-order valence-corrected chi connectivity index (χ1v) is 6.73. The van der Waals surface area contributed by atoms with Crippen molar-refractivity contribution in [3.8, 4) is 11.5 Å². The SMILES string of the molecule is Clc1cc(-c2cc3ccccc3o2)nc2ccccc12. The maximum Gasteiger partial charge on any atom is 0.153 e. The van der Waals surface area contributed by atoms with E-state index in [4.69, 9.17) is 16.0 Å². The summed E-state index contributed by atoms with van der Waals surface area (Å²) in [5.41, 5.74) is 2.48. The summed E-state index contributed by atoms with van der Waals surface area (Å²) in [6.07, 6.45) is 0. The van der Waals surface area contributed by atoms with Crippen LogP contribution in [0.4, 0.5) is 0 Å². The summed E-state index contributed by atoms with van der Waals surface area (Å²) in [5, 5.41) is 2.70. The summed E-state index contributed by atoms with van der Waals surface area (Å²) in [6, 6.07) is 19.6. The van der Waals surface area contributed by atoms with E-state index < -0.39 is 0 Å². The Balaban J connectivity index is 1.97. The van der Waals surface area contributed by atoms with Gasteiger partial charge in [0, 0.05) is 10.8 Å². The van der Waals surface area contributed by atoms with Crippen LogP contribution in [0.1, 0.15) is 0 Å². The predicted molar refractivity (Wildman–Crippen MR) is 82.0 cm³/mol. The Kier molecular flexibility index (Phi) is 2.51. The molecule has 2 aromatic heterocycles. The largest absolute Gasteiger partial charge is 0.454 e. The summed E-state index contributed by atoms with van der Waals surface area (Å²) < 4.78 is 5.84. The summed E-state index contributed by atoms with van der Waals surface area (Å²) >= 11 is 6.33. The van der Waals surface area contributed by atoms with Crippen molar-refractivity contribution in [2.24, 2.45) is 0 Å². The molecule has 0 unspecified atom stereocenters. The molecule has 0 aliphatic heterocycles. The van der Waals surface area contributed by atoms with Crippen LogP contribution in [0.5, 0.6) is 0 Å². The van der Waals surface area contributed by atoms with Crippen LogP contribution in [0, 0.1) is 0 Å². The quantitative estimate of drug-likeness (QED) is 0.472. The lowest BCUT2D eigenvalue weighted by Gasteiger charge is -2.02. The third kappa shape index (κ3) is 1.77. The smallest absolute Gasteiger partial charge is 0.153 e. The molecule has 0 spiro atoms. The number of halogens is 1. The van der Waals surface area contributed by atoms with Gasteiger partial charge < -0.3 is 4.42 Å². The molecule has 0 atom stereocenters. The lowest BCUT2D eigenvalue weighted by Crippen LogP contribution is -1.84. The normalized spacial score (nSPS) is 11.2. The number of nitrogens with zero attached hydrogens (tertiary/aromatic N) is 1. The van der Waals surface area contributed by atoms with Gasteiger partial charge >= 0.3 is 0 Å². The molecule has 0 saturated carbocycles. The molecule has 2 heterocycles. The highest BCUT2D eigenvalue weighted by atomic mass is 35.5. The van der Waals surface area contributed by atoms with Crippen LogP contribution in [0.3, 0.4) is 0 Å². The van der Waals surface area contributed by atoms with Crippen LogP contribution < -0.4 is 0 Å². The van der Waals surface area contributed by atoms with Crippen molar-refractivity contribution >= 4 is 33.5 Å². The first-order valence-electron chi connectivity index (χ1n) is 6.35. The van der Waals surface area contributed by atoms with Crippen molar-refractivity contribution in [1.29, 1.82) is 0 Å². The van der Waals surface area contributed by atoms with E-state index in [9.17, 15) is 0 Å². The number of para-hydroxylation sites is 2. The van der Waals surface area contributed by atoms with Gasteiger partial charge in [0.15, 0.2) is 5.76 Å². The average molecular weight is 280 g/mol. The first kappa shape index (κ1) is 11.5. The van der Waals surface area contributed by atoms with E-state index >= 15 is 0 Å². The summed E-state index contributed by atoms with van der Waals surface area (Å²) in [6.45, 7) is 0. The molecule has 4 aromatic rings. The monoisotopic (exact) mass is 279 g/mol. The van der Waals surface area contributed by atoms with Crippen LogP contribution in [0.15, 0.2) is 65.1 Å². The Hall–Kier alpha value is -2.32. The van der Waals surface area contributed by atoms with E-state index in [-0.39, 0.29) is 0 Å². The zero-order chi connectivity index (χ0) is 13.5. The third-order valence-electron chi connectivity index (χ3n) is 3.34. The van der Waals surface area contributed by atoms with E-state index in [1.54, 1.807) is 0 Å². The molecule has 0 N–H and O–H groups in total. The summed E-state index contributed by atoms with van der Waals surface area (Å²) in [7, 11) is 0. The number of rotatable bonds is 1. The van der Waals surface area contributed by atoms with Gasteiger partial charge in [-0.2, -0.15) is 0 Å². The second kappa shape index (κ2) is 4.36. The molecule has 0 fully saturated rings. The highest BCUT2D eigenvalue weighted by Gasteiger charge is 2.10. The lowest BCUT2D eigenvalue weighted by atomic mass is 10.2.